The van der Waals surface area contributed by atoms with Gasteiger partial charge in [-0.1, -0.05) is 12.1 Å². The molecule has 0 radical (unpaired) electrons. The van der Waals surface area contributed by atoms with Gasteiger partial charge in [0, 0.05) is 18.6 Å². The zero-order valence-corrected chi connectivity index (χ0v) is 15.0. The van der Waals surface area contributed by atoms with Crippen LogP contribution in [0.3, 0.4) is 0 Å². The summed E-state index contributed by atoms with van der Waals surface area (Å²) in [5.41, 5.74) is 1.24. The fourth-order valence-electron chi connectivity index (χ4n) is 4.13. The minimum absolute atomic E-state index is 0.196. The third-order valence-electron chi connectivity index (χ3n) is 5.56. The Balaban J connectivity index is 1.44. The van der Waals surface area contributed by atoms with Crippen LogP contribution in [-0.4, -0.2) is 43.0 Å². The minimum atomic E-state index is -2.83. The van der Waals surface area contributed by atoms with Gasteiger partial charge in [0.15, 0.2) is 9.84 Å². The molecule has 1 saturated heterocycles. The van der Waals surface area contributed by atoms with E-state index in [1.54, 1.807) is 0 Å². The van der Waals surface area contributed by atoms with E-state index in [9.17, 15) is 8.42 Å². The normalized spacial score (nSPS) is 27.0. The summed E-state index contributed by atoms with van der Waals surface area (Å²) in [6, 6.07) is 9.17. The van der Waals surface area contributed by atoms with E-state index >= 15 is 0 Å². The molecular formula is C19H27NO3S. The lowest BCUT2D eigenvalue weighted by molar-refractivity contribution is 0.191. The summed E-state index contributed by atoms with van der Waals surface area (Å²) in [5.74, 6) is 1.65. The summed E-state index contributed by atoms with van der Waals surface area (Å²) in [7, 11) is -2.83. The lowest BCUT2D eigenvalue weighted by atomic mass is 10.1. The zero-order valence-electron chi connectivity index (χ0n) is 14.2. The molecule has 4 rings (SSSR count). The largest absolute Gasteiger partial charge is 0.490 e. The fraction of sp³-hybridized carbons (Fsp3) is 0.684. The molecule has 1 aromatic carbocycles. The van der Waals surface area contributed by atoms with E-state index in [1.807, 2.05) is 6.07 Å². The predicted octanol–water partition coefficient (Wildman–Crippen LogP) is 3.16. The van der Waals surface area contributed by atoms with Crippen molar-refractivity contribution in [2.45, 2.75) is 69.7 Å². The average molecular weight is 349 g/mol. The third-order valence-corrected chi connectivity index (χ3v) is 7.31. The molecule has 1 atom stereocenters. The first-order chi connectivity index (χ1) is 11.6. The summed E-state index contributed by atoms with van der Waals surface area (Å²) >= 11 is 0. The van der Waals surface area contributed by atoms with Crippen LogP contribution in [0, 0.1) is 0 Å². The maximum Gasteiger partial charge on any atom is 0.151 e. The molecule has 0 bridgehead atoms. The Morgan fingerprint density at radius 1 is 1.04 bits per heavy atom. The lowest BCUT2D eigenvalue weighted by Gasteiger charge is -2.28. The lowest BCUT2D eigenvalue weighted by Crippen LogP contribution is -2.37. The van der Waals surface area contributed by atoms with Crippen molar-refractivity contribution in [2.24, 2.45) is 0 Å². The number of hydrogen-bond acceptors (Lipinski definition) is 4. The monoisotopic (exact) mass is 349 g/mol. The van der Waals surface area contributed by atoms with Crippen LogP contribution in [0.15, 0.2) is 24.3 Å². The average Bonchev–Trinajstić information content (AvgIpc) is 3.15. The van der Waals surface area contributed by atoms with Crippen molar-refractivity contribution in [1.82, 2.24) is 4.90 Å². The van der Waals surface area contributed by atoms with Crippen molar-refractivity contribution in [2.75, 3.05) is 11.5 Å². The first kappa shape index (κ1) is 16.4. The van der Waals surface area contributed by atoms with Crippen molar-refractivity contribution in [1.29, 1.82) is 0 Å². The SMILES string of the molecule is O=S1(=O)CCC(N(Cc2cccc(OC3CCCC3)c2)C2CC2)C1. The van der Waals surface area contributed by atoms with Crippen LogP contribution >= 0.6 is 0 Å². The van der Waals surface area contributed by atoms with E-state index < -0.39 is 9.84 Å². The highest BCUT2D eigenvalue weighted by Crippen LogP contribution is 2.34. The molecule has 0 N–H and O–H groups in total. The fourth-order valence-corrected chi connectivity index (χ4v) is 5.87. The Hall–Kier alpha value is -1.07. The van der Waals surface area contributed by atoms with E-state index in [2.05, 4.69) is 23.1 Å². The molecule has 132 valence electrons. The van der Waals surface area contributed by atoms with Crippen LogP contribution in [0.1, 0.15) is 50.5 Å². The van der Waals surface area contributed by atoms with E-state index in [4.69, 9.17) is 4.74 Å². The van der Waals surface area contributed by atoms with Crippen molar-refractivity contribution in [3.8, 4) is 5.75 Å². The summed E-state index contributed by atoms with van der Waals surface area (Å²) in [4.78, 5) is 2.43. The zero-order chi connectivity index (χ0) is 16.6. The smallest absolute Gasteiger partial charge is 0.151 e. The summed E-state index contributed by atoms with van der Waals surface area (Å²) in [5, 5.41) is 0. The molecule has 4 nitrogen and oxygen atoms in total. The van der Waals surface area contributed by atoms with Gasteiger partial charge in [-0.3, -0.25) is 4.90 Å². The molecular weight excluding hydrogens is 322 g/mol. The highest BCUT2D eigenvalue weighted by Gasteiger charge is 2.39. The summed E-state index contributed by atoms with van der Waals surface area (Å²) < 4.78 is 29.8. The minimum Gasteiger partial charge on any atom is -0.490 e. The van der Waals surface area contributed by atoms with Crippen molar-refractivity contribution >= 4 is 9.84 Å². The van der Waals surface area contributed by atoms with Gasteiger partial charge in [-0.25, -0.2) is 8.42 Å². The van der Waals surface area contributed by atoms with Gasteiger partial charge in [-0.05, 0) is 62.6 Å². The van der Waals surface area contributed by atoms with Crippen LogP contribution in [-0.2, 0) is 16.4 Å². The predicted molar refractivity (Wildman–Crippen MR) is 94.9 cm³/mol. The molecule has 3 aliphatic rings. The molecule has 2 saturated carbocycles. The van der Waals surface area contributed by atoms with E-state index in [0.717, 1.165) is 18.7 Å². The van der Waals surface area contributed by atoms with Gasteiger partial charge in [-0.2, -0.15) is 0 Å². The number of benzene rings is 1. The van der Waals surface area contributed by atoms with E-state index in [1.165, 1.54) is 44.1 Å². The Bertz CT molecular complexity index is 678. The van der Waals surface area contributed by atoms with Gasteiger partial charge in [0.05, 0.1) is 17.6 Å². The van der Waals surface area contributed by atoms with Crippen molar-refractivity contribution in [3.05, 3.63) is 29.8 Å². The number of nitrogens with zero attached hydrogens (tertiary/aromatic N) is 1. The molecule has 3 fully saturated rings. The topological polar surface area (TPSA) is 46.6 Å². The number of rotatable bonds is 6. The maximum atomic E-state index is 11.8. The Morgan fingerprint density at radius 2 is 1.83 bits per heavy atom. The first-order valence-corrected chi connectivity index (χ1v) is 11.1. The molecule has 2 aliphatic carbocycles. The van der Waals surface area contributed by atoms with Crippen LogP contribution in [0.25, 0.3) is 0 Å². The van der Waals surface area contributed by atoms with Crippen LogP contribution in [0.5, 0.6) is 5.75 Å². The van der Waals surface area contributed by atoms with Crippen LogP contribution < -0.4 is 4.74 Å². The van der Waals surface area contributed by atoms with Crippen LogP contribution in [0.4, 0.5) is 0 Å². The second kappa shape index (κ2) is 6.68. The highest BCUT2D eigenvalue weighted by atomic mass is 32.2. The molecule has 1 aromatic rings. The maximum absolute atomic E-state index is 11.8. The van der Waals surface area contributed by atoms with E-state index in [-0.39, 0.29) is 6.04 Å². The second-order valence-electron chi connectivity index (χ2n) is 7.63. The molecule has 0 aromatic heterocycles. The number of hydrogen-bond donors (Lipinski definition) is 0. The Kier molecular flexibility index (Phi) is 4.56. The van der Waals surface area contributed by atoms with E-state index in [0.29, 0.717) is 23.7 Å². The van der Waals surface area contributed by atoms with Gasteiger partial charge >= 0.3 is 0 Å². The highest BCUT2D eigenvalue weighted by molar-refractivity contribution is 7.91. The van der Waals surface area contributed by atoms with Gasteiger partial charge in [0.2, 0.25) is 0 Å². The van der Waals surface area contributed by atoms with Gasteiger partial charge < -0.3 is 4.74 Å². The Labute approximate surface area is 145 Å². The van der Waals surface area contributed by atoms with Gasteiger partial charge in [0.25, 0.3) is 0 Å². The standard InChI is InChI=1S/C19H27NO3S/c21-24(22)11-10-17(14-24)20(16-8-9-16)13-15-4-3-7-19(12-15)23-18-5-1-2-6-18/h3-4,7,12,16-18H,1-2,5-6,8-11,13-14H2. The number of sulfone groups is 1. The molecule has 5 heteroatoms. The second-order valence-corrected chi connectivity index (χ2v) is 9.86. The summed E-state index contributed by atoms with van der Waals surface area (Å²) in [6.07, 6.45) is 8.45. The van der Waals surface area contributed by atoms with Crippen molar-refractivity contribution in [3.63, 3.8) is 0 Å². The van der Waals surface area contributed by atoms with Crippen LogP contribution in [0.2, 0.25) is 0 Å². The summed E-state index contributed by atoms with van der Waals surface area (Å²) in [6.45, 7) is 0.840. The first-order valence-electron chi connectivity index (χ1n) is 9.31. The van der Waals surface area contributed by atoms with Crippen molar-refractivity contribution < 1.29 is 13.2 Å². The van der Waals surface area contributed by atoms with Gasteiger partial charge in [0.1, 0.15) is 5.75 Å². The Morgan fingerprint density at radius 3 is 2.50 bits per heavy atom. The molecule has 1 heterocycles. The quantitative estimate of drug-likeness (QED) is 0.791. The molecule has 0 spiro atoms. The third kappa shape index (κ3) is 3.94. The van der Waals surface area contributed by atoms with Gasteiger partial charge in [-0.15, -0.1) is 0 Å². The molecule has 1 unspecified atom stereocenters. The molecule has 24 heavy (non-hydrogen) atoms. The number of ether oxygens (including phenoxy) is 1. The molecule has 1 aliphatic heterocycles. The molecule has 0 amide bonds.